The molecule has 6 aromatic rings. The number of pyridine rings is 2. The number of hydrogen-bond donors (Lipinski definition) is 1. The van der Waals surface area contributed by atoms with E-state index in [-0.39, 0.29) is 32.0 Å². The van der Waals surface area contributed by atoms with Gasteiger partial charge in [0.25, 0.3) is 20.0 Å². The van der Waals surface area contributed by atoms with E-state index in [9.17, 15) is 31.6 Å². The van der Waals surface area contributed by atoms with Crippen LogP contribution in [0, 0.1) is 13.8 Å². The van der Waals surface area contributed by atoms with Crippen molar-refractivity contribution in [2.75, 3.05) is 14.2 Å². The number of ether oxygens (including phenoxy) is 2. The van der Waals surface area contributed by atoms with E-state index in [1.54, 1.807) is 30.3 Å². The molecule has 0 radical (unpaired) electrons. The lowest BCUT2D eigenvalue weighted by Gasteiger charge is -2.10. The number of fused-ring (bicyclic) bond motifs is 2. The van der Waals surface area contributed by atoms with E-state index in [2.05, 4.69) is 9.72 Å². The average molecular weight is 678 g/mol. The van der Waals surface area contributed by atoms with Crippen LogP contribution >= 0.6 is 0 Å². The van der Waals surface area contributed by atoms with Gasteiger partial charge in [0.2, 0.25) is 12.4 Å². The molecule has 0 bridgehead atoms. The van der Waals surface area contributed by atoms with Gasteiger partial charge < -0.3 is 9.47 Å². The van der Waals surface area contributed by atoms with Crippen LogP contribution < -0.4 is 4.73 Å². The van der Waals surface area contributed by atoms with Crippen LogP contribution in [0.5, 0.6) is 0 Å². The van der Waals surface area contributed by atoms with Gasteiger partial charge in [-0.05, 0) is 50.2 Å². The molecule has 242 valence electrons. The van der Waals surface area contributed by atoms with Crippen molar-refractivity contribution in [3.63, 3.8) is 0 Å². The Morgan fingerprint density at radius 3 is 1.60 bits per heavy atom. The van der Waals surface area contributed by atoms with Gasteiger partial charge >= 0.3 is 11.9 Å². The van der Waals surface area contributed by atoms with Gasteiger partial charge in [0.15, 0.2) is 5.56 Å². The lowest BCUT2D eigenvalue weighted by atomic mass is 10.2. The Bertz CT molecular complexity index is 2360. The summed E-state index contributed by atoms with van der Waals surface area (Å²) in [7, 11) is -5.30. The Balaban J connectivity index is 0.000000185. The summed E-state index contributed by atoms with van der Waals surface area (Å²) in [4.78, 5) is 28.1. The van der Waals surface area contributed by atoms with Crippen LogP contribution in [-0.2, 0) is 29.5 Å². The first-order valence-corrected chi connectivity index (χ1v) is 16.7. The molecule has 0 unspecified atom stereocenters. The van der Waals surface area contributed by atoms with Gasteiger partial charge in [-0.25, -0.2) is 34.4 Å². The van der Waals surface area contributed by atoms with Gasteiger partial charge in [-0.1, -0.05) is 35.4 Å². The minimum absolute atomic E-state index is 0.0572. The van der Waals surface area contributed by atoms with Crippen molar-refractivity contribution in [1.82, 2.24) is 12.9 Å². The molecule has 2 aromatic carbocycles. The molecule has 15 heteroatoms. The molecule has 6 rings (SSSR count). The largest absolute Gasteiger partial charge is 0.465 e. The summed E-state index contributed by atoms with van der Waals surface area (Å²) in [5, 5.41) is 10.6. The summed E-state index contributed by atoms with van der Waals surface area (Å²) in [6, 6.07) is 16.0. The zero-order valence-electron chi connectivity index (χ0n) is 25.6. The number of carbonyl (C=O) groups excluding carboxylic acids is 2. The Morgan fingerprint density at radius 1 is 0.660 bits per heavy atom. The number of benzene rings is 2. The number of esters is 2. The maximum Gasteiger partial charge on any atom is 0.346 e. The topological polar surface area (TPSA) is 168 Å². The first kappa shape index (κ1) is 32.8. The smallest absolute Gasteiger partial charge is 0.346 e. The lowest BCUT2D eigenvalue weighted by molar-refractivity contribution is -0.904. The Morgan fingerprint density at radius 2 is 1.11 bits per heavy atom. The number of rotatable bonds is 6. The van der Waals surface area contributed by atoms with E-state index in [0.717, 1.165) is 25.3 Å². The van der Waals surface area contributed by atoms with E-state index in [0.29, 0.717) is 15.5 Å². The van der Waals surface area contributed by atoms with Crippen molar-refractivity contribution in [2.45, 2.75) is 23.6 Å². The highest BCUT2D eigenvalue weighted by Gasteiger charge is 2.27. The summed E-state index contributed by atoms with van der Waals surface area (Å²) < 4.78 is 63.8. The zero-order chi connectivity index (χ0) is 34.1. The van der Waals surface area contributed by atoms with Crippen LogP contribution in [0.15, 0.2) is 108 Å². The first-order valence-electron chi connectivity index (χ1n) is 13.8. The van der Waals surface area contributed by atoms with Crippen LogP contribution in [0.3, 0.4) is 0 Å². The summed E-state index contributed by atoms with van der Waals surface area (Å²) in [6.07, 6.45) is 7.97. The molecule has 1 N–H and O–H groups in total. The third-order valence-electron chi connectivity index (χ3n) is 7.19. The van der Waals surface area contributed by atoms with Crippen LogP contribution in [0.2, 0.25) is 0 Å². The molecular formula is C32H29N4O9S2+. The summed E-state index contributed by atoms with van der Waals surface area (Å²) in [5.74, 6) is -1.38. The van der Waals surface area contributed by atoms with Crippen molar-refractivity contribution >= 4 is 53.8 Å². The van der Waals surface area contributed by atoms with E-state index in [1.165, 1.54) is 75.5 Å². The second kappa shape index (κ2) is 12.7. The highest BCUT2D eigenvalue weighted by Crippen LogP contribution is 2.26. The second-order valence-corrected chi connectivity index (χ2v) is 14.0. The maximum atomic E-state index is 12.9. The third kappa shape index (κ3) is 6.17. The standard InChI is InChI=1S/C16H15N2O5S.C16H14N2O4S/c1-11-3-5-13(6-4-11)24(21,22)18-8-7-12-9-17(20)10-14(15(12)18)16(19)23-2;1-11-3-5-13(6-4-11)23(20,21)18-8-7-12-9-17-10-14(15(12)18)16(19)22-2/h3-10,20H,1-2H3;3-10H,1-2H3/q+1;. The van der Waals surface area contributed by atoms with Crippen LogP contribution in [-0.4, -0.2) is 61.1 Å². The fourth-order valence-corrected chi connectivity index (χ4v) is 7.55. The number of hydrogen-bond acceptors (Lipinski definition) is 10. The molecule has 0 saturated heterocycles. The van der Waals surface area contributed by atoms with Crippen molar-refractivity contribution in [2.24, 2.45) is 0 Å². The Kier molecular flexibility index (Phi) is 8.87. The van der Waals surface area contributed by atoms with E-state index >= 15 is 0 Å². The van der Waals surface area contributed by atoms with E-state index in [1.807, 2.05) is 13.8 Å². The SMILES string of the molecule is COC(=O)c1c[n+](O)cc2ccn(S(=O)(=O)c3ccc(C)cc3)c12.COC(=O)c1cncc2ccn(S(=O)(=O)c3ccc(C)cc3)c12. The molecule has 0 saturated carbocycles. The quantitative estimate of drug-likeness (QED) is 0.155. The molecule has 0 aliphatic rings. The molecule has 0 amide bonds. The zero-order valence-corrected chi connectivity index (χ0v) is 27.2. The molecule has 13 nitrogen and oxygen atoms in total. The summed E-state index contributed by atoms with van der Waals surface area (Å²) in [6.45, 7) is 3.74. The molecule has 4 aromatic heterocycles. The van der Waals surface area contributed by atoms with Gasteiger partial charge in [0, 0.05) is 34.9 Å². The van der Waals surface area contributed by atoms with Gasteiger partial charge in [-0.15, -0.1) is 0 Å². The summed E-state index contributed by atoms with van der Waals surface area (Å²) >= 11 is 0. The van der Waals surface area contributed by atoms with E-state index < -0.39 is 32.0 Å². The molecule has 0 spiro atoms. The highest BCUT2D eigenvalue weighted by atomic mass is 32.2. The number of aromatic nitrogens is 4. The molecule has 0 aliphatic carbocycles. The fraction of sp³-hybridized carbons (Fsp3) is 0.125. The Labute approximate surface area is 269 Å². The van der Waals surface area contributed by atoms with E-state index in [4.69, 9.17) is 4.74 Å². The van der Waals surface area contributed by atoms with Gasteiger partial charge in [0.1, 0.15) is 5.56 Å². The first-order chi connectivity index (χ1) is 22.3. The van der Waals surface area contributed by atoms with Crippen molar-refractivity contribution in [1.29, 1.82) is 0 Å². The number of aryl methyl sites for hydroxylation is 2. The molecule has 0 fully saturated rings. The average Bonchev–Trinajstić information content (AvgIpc) is 3.70. The minimum Gasteiger partial charge on any atom is -0.465 e. The molecule has 4 heterocycles. The highest BCUT2D eigenvalue weighted by molar-refractivity contribution is 7.90. The molecule has 47 heavy (non-hydrogen) atoms. The minimum atomic E-state index is -3.90. The number of methoxy groups -OCH3 is 2. The maximum absolute atomic E-state index is 12.9. The lowest BCUT2D eigenvalue weighted by Crippen LogP contribution is -2.30. The predicted octanol–water partition coefficient (Wildman–Crippen LogP) is 3.87. The molecular weight excluding hydrogens is 649 g/mol. The normalized spacial score (nSPS) is 11.6. The number of nitrogens with zero attached hydrogens (tertiary/aromatic N) is 4. The van der Waals surface area contributed by atoms with Crippen molar-refractivity contribution in [3.05, 3.63) is 120 Å². The fourth-order valence-electron chi connectivity index (χ4n) is 4.81. The third-order valence-corrected chi connectivity index (χ3v) is 10.6. The molecule has 0 aliphatic heterocycles. The monoisotopic (exact) mass is 677 g/mol. The second-order valence-electron chi connectivity index (χ2n) is 10.3. The van der Waals surface area contributed by atoms with Crippen LogP contribution in [0.1, 0.15) is 31.8 Å². The number of carbonyl (C=O) groups is 2. The molecule has 0 atom stereocenters. The Hall–Kier alpha value is -5.54. The van der Waals surface area contributed by atoms with Crippen LogP contribution in [0.4, 0.5) is 0 Å². The van der Waals surface area contributed by atoms with Crippen LogP contribution in [0.25, 0.3) is 21.8 Å². The van der Waals surface area contributed by atoms with Crippen molar-refractivity contribution in [3.8, 4) is 0 Å². The van der Waals surface area contributed by atoms with Gasteiger partial charge in [0.05, 0.1) is 40.4 Å². The van der Waals surface area contributed by atoms with Gasteiger partial charge in [-0.3, -0.25) is 10.2 Å². The van der Waals surface area contributed by atoms with Crippen molar-refractivity contribution < 1.29 is 45.8 Å². The summed E-state index contributed by atoms with van der Waals surface area (Å²) in [5.41, 5.74) is 2.34. The van der Waals surface area contributed by atoms with Gasteiger partial charge in [-0.2, -0.15) is 0 Å². The predicted molar refractivity (Wildman–Crippen MR) is 169 cm³/mol.